The Labute approximate surface area is 274 Å². The van der Waals surface area contributed by atoms with E-state index in [0.29, 0.717) is 43.8 Å². The van der Waals surface area contributed by atoms with Crippen molar-refractivity contribution in [1.82, 2.24) is 18.9 Å². The summed E-state index contributed by atoms with van der Waals surface area (Å²) in [5, 5.41) is 2.82. The molecule has 3 heterocycles. The summed E-state index contributed by atoms with van der Waals surface area (Å²) < 4.78 is 4.43. The van der Waals surface area contributed by atoms with Gasteiger partial charge in [0.2, 0.25) is 0 Å². The molecule has 2 aromatic carbocycles. The zero-order valence-electron chi connectivity index (χ0n) is 25.3. The van der Waals surface area contributed by atoms with Gasteiger partial charge in [-0.1, -0.05) is 66.3 Å². The third kappa shape index (κ3) is 5.73. The highest BCUT2D eigenvalue weighted by atomic mass is 35.5. The smallest absolute Gasteiger partial charge is 0.137 e. The first kappa shape index (κ1) is 30.5. The third-order valence-corrected chi connectivity index (χ3v) is 10.3. The summed E-state index contributed by atoms with van der Waals surface area (Å²) >= 11 is 24.6. The van der Waals surface area contributed by atoms with Gasteiger partial charge in [0.05, 0.1) is 11.4 Å². The van der Waals surface area contributed by atoms with Crippen LogP contribution in [0, 0.1) is 26.2 Å². The lowest BCUT2D eigenvalue weighted by Crippen LogP contribution is -2.00. The minimum absolute atomic E-state index is 0.179. The molecule has 7 rings (SSSR count). The lowest BCUT2D eigenvalue weighted by atomic mass is 10.0. The van der Waals surface area contributed by atoms with Gasteiger partial charge < -0.3 is 8.97 Å². The molecule has 0 radical (unpaired) electrons. The fourth-order valence-corrected chi connectivity index (χ4v) is 8.21. The van der Waals surface area contributed by atoms with Crippen LogP contribution in [-0.2, 0) is 6.54 Å². The highest BCUT2D eigenvalue weighted by Gasteiger charge is 2.60. The fourth-order valence-electron chi connectivity index (χ4n) is 7.12. The van der Waals surface area contributed by atoms with E-state index in [1.165, 1.54) is 33.9 Å². The lowest BCUT2D eigenvalue weighted by molar-refractivity contribution is 0.597. The number of imidazole rings is 2. The number of aryl methyl sites for hydroxylation is 2. The van der Waals surface area contributed by atoms with Crippen molar-refractivity contribution in [3.05, 3.63) is 121 Å². The molecule has 5 aromatic rings. The van der Waals surface area contributed by atoms with Crippen molar-refractivity contribution in [3.63, 3.8) is 0 Å². The van der Waals surface area contributed by atoms with E-state index >= 15 is 0 Å². The number of pyridine rings is 1. The highest BCUT2D eigenvalue weighted by molar-refractivity contribution is 6.35. The average molecular weight is 655 g/mol. The van der Waals surface area contributed by atoms with Gasteiger partial charge in [-0.2, -0.15) is 0 Å². The Morgan fingerprint density at radius 1 is 0.744 bits per heavy atom. The number of rotatable bonds is 5. The maximum Gasteiger partial charge on any atom is 0.137 e. The molecular formula is C35H36Cl4N4. The number of benzene rings is 2. The van der Waals surface area contributed by atoms with E-state index in [2.05, 4.69) is 56.7 Å². The molecule has 0 bridgehead atoms. The van der Waals surface area contributed by atoms with Crippen molar-refractivity contribution in [3.8, 4) is 0 Å². The highest BCUT2D eigenvalue weighted by Crippen LogP contribution is 2.70. The number of fused-ring (bicyclic) bond motifs is 1. The number of halogens is 4. The van der Waals surface area contributed by atoms with Crippen LogP contribution in [0.25, 0.3) is 5.65 Å². The summed E-state index contributed by atoms with van der Waals surface area (Å²) in [4.78, 5) is 9.65. The molecule has 0 N–H and O–H groups in total. The molecule has 2 aliphatic rings. The molecule has 0 unspecified atom stereocenters. The molecule has 8 heteroatoms. The maximum absolute atomic E-state index is 6.19. The maximum atomic E-state index is 6.19. The summed E-state index contributed by atoms with van der Waals surface area (Å²) in [5.74, 6) is 2.89. The van der Waals surface area contributed by atoms with Crippen LogP contribution >= 0.6 is 46.4 Å². The van der Waals surface area contributed by atoms with Crippen LogP contribution in [0.2, 0.25) is 20.1 Å². The second-order valence-electron chi connectivity index (χ2n) is 12.5. The van der Waals surface area contributed by atoms with E-state index in [9.17, 15) is 0 Å². The van der Waals surface area contributed by atoms with Crippen LogP contribution in [0.3, 0.4) is 0 Å². The summed E-state index contributed by atoms with van der Waals surface area (Å²) in [6, 6.07) is 17.8. The Morgan fingerprint density at radius 3 is 1.91 bits per heavy atom. The molecule has 4 nitrogen and oxygen atoms in total. The number of hydrogen-bond donors (Lipinski definition) is 0. The summed E-state index contributed by atoms with van der Waals surface area (Å²) in [7, 11) is 0. The molecule has 2 saturated carbocycles. The molecule has 3 aromatic heterocycles. The van der Waals surface area contributed by atoms with Gasteiger partial charge in [0.1, 0.15) is 11.5 Å². The monoisotopic (exact) mass is 652 g/mol. The van der Waals surface area contributed by atoms with E-state index in [-0.39, 0.29) is 5.41 Å². The van der Waals surface area contributed by atoms with Crippen molar-refractivity contribution in [2.24, 2.45) is 5.41 Å². The molecule has 2 aliphatic carbocycles. The standard InChI is InChI=1S/C18H22Cl2N2.C17H14Cl2N2/c1-6-22-10(2)17(21-11(22)3)16-15(18(16,4)5)12-7-13(19)9-14(20)8-12;1-10-17(20-16-4-2-3-5-21(10)16)15-9-14(15)11-6-12(18)8-13(19)7-11/h7-9,15-16H,6H2,1-5H3;2-8,14-15H,9H2,1H3/t15-,16+;14-,15+/m11/s1. The number of nitrogens with zero attached hydrogens (tertiary/aromatic N) is 4. The van der Waals surface area contributed by atoms with E-state index in [1.807, 2.05) is 42.5 Å². The molecule has 4 atom stereocenters. The van der Waals surface area contributed by atoms with Crippen LogP contribution in [0.4, 0.5) is 0 Å². The summed E-state index contributed by atoms with van der Waals surface area (Å²) in [6.45, 7) is 14.1. The van der Waals surface area contributed by atoms with E-state index in [1.54, 1.807) is 12.1 Å². The van der Waals surface area contributed by atoms with Gasteiger partial charge in [-0.15, -0.1) is 0 Å². The average Bonchev–Trinajstić information content (AvgIpc) is 3.77. The van der Waals surface area contributed by atoms with E-state index in [4.69, 9.17) is 56.4 Å². The van der Waals surface area contributed by atoms with Crippen LogP contribution in [0.15, 0.2) is 60.8 Å². The molecule has 0 amide bonds. The Balaban J connectivity index is 0.000000153. The molecule has 43 heavy (non-hydrogen) atoms. The predicted molar refractivity (Wildman–Crippen MR) is 180 cm³/mol. The quantitative estimate of drug-likeness (QED) is 0.189. The van der Waals surface area contributed by atoms with E-state index < -0.39 is 0 Å². The van der Waals surface area contributed by atoms with Crippen LogP contribution in [-0.4, -0.2) is 18.9 Å². The van der Waals surface area contributed by atoms with E-state index in [0.717, 1.165) is 24.4 Å². The van der Waals surface area contributed by atoms with Gasteiger partial charge in [0.25, 0.3) is 0 Å². The first-order chi connectivity index (χ1) is 20.4. The van der Waals surface area contributed by atoms with Gasteiger partial charge in [-0.05, 0) is 111 Å². The molecule has 0 spiro atoms. The summed E-state index contributed by atoms with van der Waals surface area (Å²) in [6.07, 6.45) is 3.18. The summed E-state index contributed by atoms with van der Waals surface area (Å²) in [5.41, 5.74) is 8.56. The first-order valence-corrected chi connectivity index (χ1v) is 16.3. The van der Waals surface area contributed by atoms with Gasteiger partial charge in [0, 0.05) is 56.1 Å². The molecular weight excluding hydrogens is 618 g/mol. The minimum Gasteiger partial charge on any atom is -0.333 e. The number of aromatic nitrogens is 4. The molecule has 2 fully saturated rings. The van der Waals surface area contributed by atoms with Gasteiger partial charge in [-0.25, -0.2) is 9.97 Å². The third-order valence-electron chi connectivity index (χ3n) is 9.39. The van der Waals surface area contributed by atoms with Crippen LogP contribution in [0.1, 0.15) is 90.6 Å². The zero-order chi connectivity index (χ0) is 30.8. The Kier molecular flexibility index (Phi) is 8.13. The van der Waals surface area contributed by atoms with Crippen molar-refractivity contribution < 1.29 is 0 Å². The Bertz CT molecular complexity index is 1790. The Hall–Kier alpha value is -2.50. The second kappa shape index (κ2) is 11.5. The van der Waals surface area contributed by atoms with Gasteiger partial charge in [0.15, 0.2) is 0 Å². The Morgan fingerprint density at radius 2 is 1.35 bits per heavy atom. The van der Waals surface area contributed by atoms with Gasteiger partial charge >= 0.3 is 0 Å². The topological polar surface area (TPSA) is 35.1 Å². The lowest BCUT2D eigenvalue weighted by Gasteiger charge is -2.04. The molecule has 0 aliphatic heterocycles. The van der Waals surface area contributed by atoms with Gasteiger partial charge in [-0.3, -0.25) is 0 Å². The van der Waals surface area contributed by atoms with Crippen LogP contribution < -0.4 is 0 Å². The van der Waals surface area contributed by atoms with Crippen molar-refractivity contribution >= 4 is 52.1 Å². The molecule has 0 saturated heterocycles. The molecule has 224 valence electrons. The predicted octanol–water partition coefficient (Wildman–Crippen LogP) is 11.0. The largest absolute Gasteiger partial charge is 0.333 e. The van der Waals surface area contributed by atoms with Crippen molar-refractivity contribution in [1.29, 1.82) is 0 Å². The second-order valence-corrected chi connectivity index (χ2v) is 14.3. The normalized spacial score (nSPS) is 21.9. The SMILES string of the molecule is CCn1c(C)nc([C@@H]2[C@@H](c3cc(Cl)cc(Cl)c3)C2(C)C)c1C.Cc1c([C@H]2C[C@@H]2c2cc(Cl)cc(Cl)c2)nc2ccccn12. The fraction of sp³-hybridized carbons (Fsp3) is 0.371. The van der Waals surface area contributed by atoms with Crippen molar-refractivity contribution in [2.45, 2.75) is 78.2 Å². The van der Waals surface area contributed by atoms with Crippen molar-refractivity contribution in [2.75, 3.05) is 0 Å². The zero-order valence-corrected chi connectivity index (χ0v) is 28.3. The first-order valence-electron chi connectivity index (χ1n) is 14.8. The number of hydrogen-bond acceptors (Lipinski definition) is 2. The minimum atomic E-state index is 0.179. The van der Waals surface area contributed by atoms with Crippen LogP contribution in [0.5, 0.6) is 0 Å².